The van der Waals surface area contributed by atoms with Gasteiger partial charge in [0, 0.05) is 12.1 Å². The van der Waals surface area contributed by atoms with Crippen LogP contribution in [-0.4, -0.2) is 17.5 Å². The third kappa shape index (κ3) is 2.52. The molecule has 0 saturated carbocycles. The van der Waals surface area contributed by atoms with E-state index in [9.17, 15) is 0 Å². The van der Waals surface area contributed by atoms with Crippen molar-refractivity contribution in [1.82, 2.24) is 0 Å². The van der Waals surface area contributed by atoms with Crippen LogP contribution in [0, 0.1) is 0 Å². The molecule has 2 aromatic rings. The van der Waals surface area contributed by atoms with Crippen molar-refractivity contribution < 1.29 is 5.21 Å². The lowest BCUT2D eigenvalue weighted by molar-refractivity contribution is 0.318. The first-order valence-electron chi connectivity index (χ1n) is 5.42. The van der Waals surface area contributed by atoms with Crippen LogP contribution in [0.4, 0.5) is 0 Å². The Balaban J connectivity index is 2.31. The predicted molar refractivity (Wildman–Crippen MR) is 69.3 cm³/mol. The van der Waals surface area contributed by atoms with Crippen molar-refractivity contribution in [3.8, 4) is 11.1 Å². The van der Waals surface area contributed by atoms with Crippen LogP contribution >= 0.6 is 0 Å². The molecule has 0 atom stereocenters. The SMILES string of the molecule is NC/C(=N\O)c1ccc(-c2ccccc2)cc1. The maximum atomic E-state index is 8.77. The third-order valence-corrected chi connectivity index (χ3v) is 2.64. The molecule has 2 aromatic carbocycles. The van der Waals surface area contributed by atoms with Gasteiger partial charge < -0.3 is 10.9 Å². The number of benzene rings is 2. The van der Waals surface area contributed by atoms with Crippen molar-refractivity contribution >= 4 is 5.71 Å². The quantitative estimate of drug-likeness (QED) is 0.480. The Bertz CT molecular complexity index is 504. The molecular weight excluding hydrogens is 212 g/mol. The van der Waals surface area contributed by atoms with Gasteiger partial charge in [-0.25, -0.2) is 0 Å². The van der Waals surface area contributed by atoms with Crippen LogP contribution in [0.15, 0.2) is 59.8 Å². The summed E-state index contributed by atoms with van der Waals surface area (Å²) in [6.45, 7) is 0.223. The topological polar surface area (TPSA) is 58.6 Å². The maximum Gasteiger partial charge on any atom is 0.100 e. The molecule has 0 bridgehead atoms. The molecule has 0 aliphatic rings. The summed E-state index contributed by atoms with van der Waals surface area (Å²) in [7, 11) is 0. The van der Waals surface area contributed by atoms with Crippen LogP contribution in [0.25, 0.3) is 11.1 Å². The molecule has 0 radical (unpaired) electrons. The molecule has 0 aromatic heterocycles. The normalized spacial score (nSPS) is 11.5. The van der Waals surface area contributed by atoms with Gasteiger partial charge >= 0.3 is 0 Å². The highest BCUT2D eigenvalue weighted by Gasteiger charge is 2.02. The average Bonchev–Trinajstić information content (AvgIpc) is 2.42. The largest absolute Gasteiger partial charge is 0.411 e. The Labute approximate surface area is 100 Å². The molecule has 0 spiro atoms. The molecule has 0 aliphatic heterocycles. The zero-order valence-corrected chi connectivity index (χ0v) is 9.38. The van der Waals surface area contributed by atoms with Crippen molar-refractivity contribution in [2.75, 3.05) is 6.54 Å². The lowest BCUT2D eigenvalue weighted by atomic mass is 10.0. The first kappa shape index (κ1) is 11.4. The molecule has 0 unspecified atom stereocenters. The van der Waals surface area contributed by atoms with Crippen molar-refractivity contribution in [2.24, 2.45) is 10.9 Å². The summed E-state index contributed by atoms with van der Waals surface area (Å²) in [5.41, 5.74) is 9.10. The molecule has 3 N–H and O–H groups in total. The van der Waals surface area contributed by atoms with Gasteiger partial charge in [0.2, 0.25) is 0 Å². The fraction of sp³-hybridized carbons (Fsp3) is 0.0714. The number of rotatable bonds is 3. The van der Waals surface area contributed by atoms with E-state index in [1.165, 1.54) is 0 Å². The van der Waals surface area contributed by atoms with E-state index in [0.29, 0.717) is 5.71 Å². The third-order valence-electron chi connectivity index (χ3n) is 2.64. The molecule has 17 heavy (non-hydrogen) atoms. The van der Waals surface area contributed by atoms with E-state index < -0.39 is 0 Å². The highest BCUT2D eigenvalue weighted by atomic mass is 16.4. The average molecular weight is 226 g/mol. The fourth-order valence-electron chi connectivity index (χ4n) is 1.70. The highest BCUT2D eigenvalue weighted by molar-refractivity contribution is 6.01. The Morgan fingerprint density at radius 1 is 0.941 bits per heavy atom. The van der Waals surface area contributed by atoms with Gasteiger partial charge in [-0.1, -0.05) is 59.8 Å². The first-order valence-corrected chi connectivity index (χ1v) is 5.42. The molecule has 86 valence electrons. The second kappa shape index (κ2) is 5.27. The maximum absolute atomic E-state index is 8.77. The summed E-state index contributed by atoms with van der Waals surface area (Å²) in [5, 5.41) is 11.9. The van der Waals surface area contributed by atoms with E-state index in [1.54, 1.807) is 0 Å². The van der Waals surface area contributed by atoms with Crippen LogP contribution in [0.3, 0.4) is 0 Å². The number of hydrogen-bond acceptors (Lipinski definition) is 3. The van der Waals surface area contributed by atoms with Crippen molar-refractivity contribution in [2.45, 2.75) is 0 Å². The van der Waals surface area contributed by atoms with Gasteiger partial charge in [0.15, 0.2) is 0 Å². The van der Waals surface area contributed by atoms with Gasteiger partial charge in [0.25, 0.3) is 0 Å². The van der Waals surface area contributed by atoms with E-state index >= 15 is 0 Å². The van der Waals surface area contributed by atoms with Gasteiger partial charge in [-0.15, -0.1) is 0 Å². The number of nitrogens with zero attached hydrogens (tertiary/aromatic N) is 1. The molecule has 0 saturated heterocycles. The van der Waals surface area contributed by atoms with E-state index in [2.05, 4.69) is 17.3 Å². The Morgan fingerprint density at radius 3 is 2.06 bits per heavy atom. The van der Waals surface area contributed by atoms with Gasteiger partial charge in [0.1, 0.15) is 5.71 Å². The molecule has 0 amide bonds. The zero-order chi connectivity index (χ0) is 12.1. The molecular formula is C14H14N2O. The monoisotopic (exact) mass is 226 g/mol. The van der Waals surface area contributed by atoms with Crippen molar-refractivity contribution in [1.29, 1.82) is 0 Å². The van der Waals surface area contributed by atoms with E-state index in [1.807, 2.05) is 42.5 Å². The van der Waals surface area contributed by atoms with E-state index in [0.717, 1.165) is 16.7 Å². The smallest absolute Gasteiger partial charge is 0.100 e. The summed E-state index contributed by atoms with van der Waals surface area (Å²) in [6.07, 6.45) is 0. The van der Waals surface area contributed by atoms with Crippen LogP contribution in [0.2, 0.25) is 0 Å². The predicted octanol–water partition coefficient (Wildman–Crippen LogP) is 2.49. The van der Waals surface area contributed by atoms with Gasteiger partial charge in [-0.3, -0.25) is 0 Å². The van der Waals surface area contributed by atoms with Gasteiger partial charge in [-0.05, 0) is 11.1 Å². The summed E-state index contributed by atoms with van der Waals surface area (Å²) in [6, 6.07) is 17.9. The Kier molecular flexibility index (Phi) is 3.52. The molecule has 0 heterocycles. The second-order valence-electron chi connectivity index (χ2n) is 3.69. The molecule has 2 rings (SSSR count). The lowest BCUT2D eigenvalue weighted by Gasteiger charge is -2.04. The van der Waals surface area contributed by atoms with Gasteiger partial charge in [-0.2, -0.15) is 0 Å². The second-order valence-corrected chi connectivity index (χ2v) is 3.69. The molecule has 3 nitrogen and oxygen atoms in total. The Hall–Kier alpha value is -2.13. The standard InChI is InChI=1S/C14H14N2O/c15-10-14(16-17)13-8-6-12(7-9-13)11-4-2-1-3-5-11/h1-9,17H,10,15H2/b16-14+. The minimum atomic E-state index is 0.223. The van der Waals surface area contributed by atoms with Crippen molar-refractivity contribution in [3.05, 3.63) is 60.2 Å². The van der Waals surface area contributed by atoms with Crippen LogP contribution < -0.4 is 5.73 Å². The number of hydrogen-bond donors (Lipinski definition) is 2. The minimum absolute atomic E-state index is 0.223. The molecule has 0 aliphatic carbocycles. The minimum Gasteiger partial charge on any atom is -0.411 e. The summed E-state index contributed by atoms with van der Waals surface area (Å²) < 4.78 is 0. The van der Waals surface area contributed by atoms with E-state index in [-0.39, 0.29) is 6.54 Å². The van der Waals surface area contributed by atoms with Gasteiger partial charge in [0.05, 0.1) is 0 Å². The van der Waals surface area contributed by atoms with Crippen LogP contribution in [-0.2, 0) is 0 Å². The zero-order valence-electron chi connectivity index (χ0n) is 9.38. The van der Waals surface area contributed by atoms with Crippen molar-refractivity contribution in [3.63, 3.8) is 0 Å². The highest BCUT2D eigenvalue weighted by Crippen LogP contribution is 2.19. The van der Waals surface area contributed by atoms with Crippen LogP contribution in [0.1, 0.15) is 5.56 Å². The summed E-state index contributed by atoms with van der Waals surface area (Å²) in [5.74, 6) is 0. The molecule has 3 heteroatoms. The van der Waals surface area contributed by atoms with Crippen LogP contribution in [0.5, 0.6) is 0 Å². The number of nitrogens with two attached hydrogens (primary N) is 1. The lowest BCUT2D eigenvalue weighted by Crippen LogP contribution is -2.14. The Morgan fingerprint density at radius 2 is 1.53 bits per heavy atom. The first-order chi connectivity index (χ1) is 8.35. The summed E-state index contributed by atoms with van der Waals surface area (Å²) in [4.78, 5) is 0. The van der Waals surface area contributed by atoms with E-state index in [4.69, 9.17) is 10.9 Å². The fourth-order valence-corrected chi connectivity index (χ4v) is 1.70. The summed E-state index contributed by atoms with van der Waals surface area (Å²) >= 11 is 0. The molecule has 0 fully saturated rings. The number of oxime groups is 1.